The molecule has 0 saturated carbocycles. The molecule has 0 aromatic carbocycles. The van der Waals surface area contributed by atoms with Gasteiger partial charge in [-0.3, -0.25) is 4.68 Å². The largest absolute Gasteiger partial charge is 0.330 e. The normalized spacial score (nSPS) is 16.0. The van der Waals surface area contributed by atoms with Crippen LogP contribution in [0, 0.1) is 6.92 Å². The number of rotatable bonds is 0. The van der Waals surface area contributed by atoms with Crippen molar-refractivity contribution >= 4 is 11.4 Å². The third-order valence-electron chi connectivity index (χ3n) is 2.98. The van der Waals surface area contributed by atoms with Crippen LogP contribution < -0.4 is 4.90 Å². The number of hydrogen-bond acceptors (Lipinski definition) is 3. The van der Waals surface area contributed by atoms with Gasteiger partial charge in [0.05, 0.1) is 17.1 Å². The average Bonchev–Trinajstić information content (AvgIpc) is 2.47. The fourth-order valence-corrected chi connectivity index (χ4v) is 2.04. The van der Waals surface area contributed by atoms with Crippen molar-refractivity contribution in [2.24, 2.45) is 7.05 Å². The number of fused-ring (bicyclic) bond motifs is 1. The summed E-state index contributed by atoms with van der Waals surface area (Å²) in [6, 6.07) is 0. The van der Waals surface area contributed by atoms with Crippen LogP contribution >= 0.6 is 0 Å². The zero-order chi connectivity index (χ0) is 11.3. The Morgan fingerprint density at radius 3 is 2.27 bits per heavy atom. The van der Waals surface area contributed by atoms with Crippen molar-refractivity contribution in [2.45, 2.75) is 6.92 Å². The van der Waals surface area contributed by atoms with Gasteiger partial charge in [-0.05, 0) is 6.92 Å². The molecular weight excluding hydrogens is 188 g/mol. The standard InChI is InChI=1S/C11H16N4/c1-7-10-11(15(6)12-7)8(2)13(4)9(3)14(10)5/h2-3H2,1,4-6H3. The average molecular weight is 204 g/mol. The van der Waals surface area contributed by atoms with Crippen molar-refractivity contribution < 1.29 is 0 Å². The molecule has 0 bridgehead atoms. The number of aryl methyl sites for hydroxylation is 2. The number of anilines is 1. The first-order valence-electron chi connectivity index (χ1n) is 4.84. The van der Waals surface area contributed by atoms with E-state index in [1.54, 1.807) is 0 Å². The quantitative estimate of drug-likeness (QED) is 0.641. The Labute approximate surface area is 90.1 Å². The fraction of sp³-hybridized carbons (Fsp3) is 0.364. The van der Waals surface area contributed by atoms with Crippen LogP contribution in [-0.4, -0.2) is 28.8 Å². The Bertz CT molecular complexity index is 455. The van der Waals surface area contributed by atoms with E-state index in [-0.39, 0.29) is 0 Å². The van der Waals surface area contributed by atoms with E-state index in [1.807, 2.05) is 42.5 Å². The maximum Gasteiger partial charge on any atom is 0.108 e. The minimum Gasteiger partial charge on any atom is -0.330 e. The van der Waals surface area contributed by atoms with E-state index < -0.39 is 0 Å². The summed E-state index contributed by atoms with van der Waals surface area (Å²) in [5.41, 5.74) is 4.11. The molecule has 4 heteroatoms. The van der Waals surface area contributed by atoms with Crippen LogP contribution in [-0.2, 0) is 7.05 Å². The molecule has 4 nitrogen and oxygen atoms in total. The van der Waals surface area contributed by atoms with Crippen molar-refractivity contribution in [3.63, 3.8) is 0 Å². The third-order valence-corrected chi connectivity index (χ3v) is 2.98. The van der Waals surface area contributed by atoms with Gasteiger partial charge >= 0.3 is 0 Å². The summed E-state index contributed by atoms with van der Waals surface area (Å²) in [6.45, 7) is 10.1. The summed E-state index contributed by atoms with van der Waals surface area (Å²) in [4.78, 5) is 4.02. The monoisotopic (exact) mass is 204 g/mol. The van der Waals surface area contributed by atoms with Crippen molar-refractivity contribution in [2.75, 3.05) is 19.0 Å². The highest BCUT2D eigenvalue weighted by molar-refractivity contribution is 5.79. The Balaban J connectivity index is 2.72. The smallest absolute Gasteiger partial charge is 0.108 e. The molecule has 15 heavy (non-hydrogen) atoms. The Kier molecular flexibility index (Phi) is 1.89. The lowest BCUT2D eigenvalue weighted by Crippen LogP contribution is -2.34. The highest BCUT2D eigenvalue weighted by atomic mass is 15.4. The van der Waals surface area contributed by atoms with Crippen molar-refractivity contribution in [1.29, 1.82) is 0 Å². The molecule has 2 rings (SSSR count). The van der Waals surface area contributed by atoms with Crippen molar-refractivity contribution in [3.8, 4) is 0 Å². The Morgan fingerprint density at radius 2 is 1.67 bits per heavy atom. The molecule has 1 aromatic rings. The van der Waals surface area contributed by atoms with Gasteiger partial charge in [0.1, 0.15) is 11.5 Å². The molecule has 0 spiro atoms. The lowest BCUT2D eigenvalue weighted by Gasteiger charge is -2.36. The molecule has 0 radical (unpaired) electrons. The Morgan fingerprint density at radius 1 is 1.07 bits per heavy atom. The maximum absolute atomic E-state index is 4.41. The first-order chi connectivity index (χ1) is 6.95. The SMILES string of the molecule is C=C1c2c(c(C)nn2C)N(C)C(=C)N1C. The van der Waals surface area contributed by atoms with Gasteiger partial charge < -0.3 is 9.80 Å². The van der Waals surface area contributed by atoms with E-state index in [4.69, 9.17) is 0 Å². The molecule has 0 amide bonds. The second kappa shape index (κ2) is 2.89. The van der Waals surface area contributed by atoms with Crippen LogP contribution in [0.4, 0.5) is 5.69 Å². The second-order valence-electron chi connectivity index (χ2n) is 3.89. The topological polar surface area (TPSA) is 24.3 Å². The summed E-state index contributed by atoms with van der Waals surface area (Å²) in [5.74, 6) is 0.920. The van der Waals surface area contributed by atoms with Crippen LogP contribution in [0.5, 0.6) is 0 Å². The van der Waals surface area contributed by atoms with E-state index in [1.165, 1.54) is 0 Å². The van der Waals surface area contributed by atoms with Gasteiger partial charge in [-0.2, -0.15) is 5.10 Å². The summed E-state index contributed by atoms with van der Waals surface area (Å²) in [6.07, 6.45) is 0. The molecule has 0 atom stereocenters. The minimum absolute atomic E-state index is 0.920. The summed E-state index contributed by atoms with van der Waals surface area (Å²) >= 11 is 0. The highest BCUT2D eigenvalue weighted by Crippen LogP contribution is 2.38. The molecule has 1 aliphatic rings. The molecule has 0 fully saturated rings. The van der Waals surface area contributed by atoms with E-state index in [0.717, 1.165) is 28.6 Å². The molecule has 80 valence electrons. The molecule has 0 N–H and O–H groups in total. The van der Waals surface area contributed by atoms with Gasteiger partial charge in [-0.15, -0.1) is 0 Å². The zero-order valence-electron chi connectivity index (χ0n) is 9.70. The van der Waals surface area contributed by atoms with Gasteiger partial charge in [0.2, 0.25) is 0 Å². The predicted molar refractivity (Wildman–Crippen MR) is 62.3 cm³/mol. The van der Waals surface area contributed by atoms with Gasteiger partial charge in [-0.25, -0.2) is 0 Å². The number of hydrogen-bond donors (Lipinski definition) is 0. The highest BCUT2D eigenvalue weighted by Gasteiger charge is 2.29. The van der Waals surface area contributed by atoms with Crippen LogP contribution in [0.25, 0.3) is 5.70 Å². The van der Waals surface area contributed by atoms with Gasteiger partial charge in [0.25, 0.3) is 0 Å². The lowest BCUT2D eigenvalue weighted by atomic mass is 10.1. The molecule has 0 unspecified atom stereocenters. The van der Waals surface area contributed by atoms with Gasteiger partial charge in [-0.1, -0.05) is 13.2 Å². The minimum atomic E-state index is 0.920. The zero-order valence-corrected chi connectivity index (χ0v) is 9.70. The van der Waals surface area contributed by atoms with E-state index in [9.17, 15) is 0 Å². The molecule has 2 heterocycles. The summed E-state index contributed by atoms with van der Waals surface area (Å²) in [7, 11) is 5.90. The van der Waals surface area contributed by atoms with Crippen LogP contribution in [0.2, 0.25) is 0 Å². The lowest BCUT2D eigenvalue weighted by molar-refractivity contribution is 0.555. The first-order valence-corrected chi connectivity index (χ1v) is 4.84. The molecular formula is C11H16N4. The predicted octanol–water partition coefficient (Wildman–Crippen LogP) is 1.55. The van der Waals surface area contributed by atoms with Gasteiger partial charge in [0.15, 0.2) is 0 Å². The van der Waals surface area contributed by atoms with Gasteiger partial charge in [0, 0.05) is 21.1 Å². The third kappa shape index (κ3) is 1.11. The Hall–Kier alpha value is -1.71. The fourth-order valence-electron chi connectivity index (χ4n) is 2.04. The molecule has 1 aliphatic heterocycles. The second-order valence-corrected chi connectivity index (χ2v) is 3.89. The van der Waals surface area contributed by atoms with Crippen LogP contribution in [0.3, 0.4) is 0 Å². The molecule has 0 aliphatic carbocycles. The van der Waals surface area contributed by atoms with Crippen molar-refractivity contribution in [1.82, 2.24) is 14.7 Å². The summed E-state index contributed by atoms with van der Waals surface area (Å²) in [5, 5.41) is 4.41. The van der Waals surface area contributed by atoms with Crippen LogP contribution in [0.1, 0.15) is 11.4 Å². The number of nitrogens with zero attached hydrogens (tertiary/aromatic N) is 4. The van der Waals surface area contributed by atoms with E-state index >= 15 is 0 Å². The number of aromatic nitrogens is 2. The van der Waals surface area contributed by atoms with E-state index in [0.29, 0.717) is 0 Å². The maximum atomic E-state index is 4.41. The van der Waals surface area contributed by atoms with Crippen molar-refractivity contribution in [3.05, 3.63) is 30.4 Å². The molecule has 1 aromatic heterocycles. The summed E-state index contributed by atoms with van der Waals surface area (Å²) < 4.78 is 1.87. The van der Waals surface area contributed by atoms with E-state index in [2.05, 4.69) is 18.3 Å². The van der Waals surface area contributed by atoms with Crippen LogP contribution in [0.15, 0.2) is 19.0 Å². The molecule has 0 saturated heterocycles. The first kappa shape index (κ1) is 9.83.